The number of esters is 1. The van der Waals surface area contributed by atoms with Crippen LogP contribution in [-0.2, 0) is 19.6 Å². The molecule has 0 saturated carbocycles. The number of phenols is 1. The number of phenolic OH excluding ortho intramolecular Hbond substituents is 1. The van der Waals surface area contributed by atoms with Crippen molar-refractivity contribution in [2.45, 2.75) is 26.2 Å². The molecule has 0 heterocycles. The summed E-state index contributed by atoms with van der Waals surface area (Å²) in [6, 6.07) is 4.23. The first kappa shape index (κ1) is 16.3. The van der Waals surface area contributed by atoms with E-state index >= 15 is 0 Å². The van der Waals surface area contributed by atoms with Crippen molar-refractivity contribution < 1.29 is 23.1 Å². The van der Waals surface area contributed by atoms with E-state index in [1.807, 2.05) is 0 Å². The van der Waals surface area contributed by atoms with Crippen LogP contribution >= 0.6 is 0 Å². The van der Waals surface area contributed by atoms with Gasteiger partial charge in [0.2, 0.25) is 10.0 Å². The van der Waals surface area contributed by atoms with E-state index in [-0.39, 0.29) is 12.4 Å². The zero-order valence-corrected chi connectivity index (χ0v) is 12.5. The molecule has 7 heteroatoms. The maximum absolute atomic E-state index is 11.9. The minimum Gasteiger partial charge on any atom is -0.508 e. The molecule has 6 nitrogen and oxygen atoms in total. The zero-order valence-electron chi connectivity index (χ0n) is 11.7. The van der Waals surface area contributed by atoms with Gasteiger partial charge in [-0.3, -0.25) is 9.52 Å². The summed E-state index contributed by atoms with van der Waals surface area (Å²) in [4.78, 5) is 11.9. The number of carbonyl (C=O) groups excluding carboxylic acids is 1. The number of anilines is 1. The summed E-state index contributed by atoms with van der Waals surface area (Å²) < 4.78 is 29.7. The van der Waals surface area contributed by atoms with Gasteiger partial charge in [0.05, 0.1) is 18.8 Å². The Morgan fingerprint density at radius 3 is 2.55 bits per heavy atom. The SMILES string of the molecule is CCOC(=O)C(CC)c1cc(NS(C)(=O)=O)ccc1O. The minimum atomic E-state index is -3.42. The van der Waals surface area contributed by atoms with Crippen LogP contribution in [0.5, 0.6) is 5.75 Å². The first-order valence-electron chi connectivity index (χ1n) is 6.25. The van der Waals surface area contributed by atoms with Gasteiger partial charge >= 0.3 is 5.97 Å². The van der Waals surface area contributed by atoms with Crippen LogP contribution in [0.4, 0.5) is 5.69 Å². The third kappa shape index (κ3) is 4.41. The monoisotopic (exact) mass is 301 g/mol. The third-order valence-corrected chi connectivity index (χ3v) is 3.29. The molecule has 0 aliphatic rings. The molecule has 0 amide bonds. The number of hydrogen-bond acceptors (Lipinski definition) is 5. The number of benzene rings is 1. The van der Waals surface area contributed by atoms with Gasteiger partial charge in [0, 0.05) is 11.3 Å². The summed E-state index contributed by atoms with van der Waals surface area (Å²) in [5.41, 5.74) is 0.641. The highest BCUT2D eigenvalue weighted by molar-refractivity contribution is 7.92. The Morgan fingerprint density at radius 2 is 2.05 bits per heavy atom. The number of carbonyl (C=O) groups is 1. The predicted molar refractivity (Wildman–Crippen MR) is 76.2 cm³/mol. The molecule has 0 aliphatic heterocycles. The summed E-state index contributed by atoms with van der Waals surface area (Å²) in [6.07, 6.45) is 1.47. The van der Waals surface area contributed by atoms with Gasteiger partial charge in [-0.15, -0.1) is 0 Å². The van der Waals surface area contributed by atoms with Gasteiger partial charge < -0.3 is 9.84 Å². The fourth-order valence-electron chi connectivity index (χ4n) is 1.87. The first-order chi connectivity index (χ1) is 9.28. The summed E-state index contributed by atoms with van der Waals surface area (Å²) in [6.45, 7) is 3.74. The predicted octanol–water partition coefficient (Wildman–Crippen LogP) is 1.82. The van der Waals surface area contributed by atoms with Gasteiger partial charge in [-0.25, -0.2) is 8.42 Å². The van der Waals surface area contributed by atoms with Crippen LogP contribution in [0, 0.1) is 0 Å². The van der Waals surface area contributed by atoms with Crippen LogP contribution in [-0.4, -0.2) is 32.4 Å². The van der Waals surface area contributed by atoms with Gasteiger partial charge in [-0.2, -0.15) is 0 Å². The number of nitrogens with one attached hydrogen (secondary N) is 1. The number of rotatable bonds is 6. The molecule has 0 bridgehead atoms. The molecule has 1 atom stereocenters. The second-order valence-electron chi connectivity index (χ2n) is 4.36. The molecule has 1 aromatic rings. The summed E-state index contributed by atoms with van der Waals surface area (Å²) in [5.74, 6) is -1.14. The maximum Gasteiger partial charge on any atom is 0.313 e. The van der Waals surface area contributed by atoms with Gasteiger partial charge in [-0.05, 0) is 31.5 Å². The van der Waals surface area contributed by atoms with Crippen LogP contribution in [0.25, 0.3) is 0 Å². The first-order valence-corrected chi connectivity index (χ1v) is 8.15. The molecule has 0 saturated heterocycles. The topological polar surface area (TPSA) is 92.7 Å². The fraction of sp³-hybridized carbons (Fsp3) is 0.462. The molecule has 2 N–H and O–H groups in total. The summed E-state index contributed by atoms with van der Waals surface area (Å²) >= 11 is 0. The lowest BCUT2D eigenvalue weighted by Crippen LogP contribution is -2.16. The smallest absolute Gasteiger partial charge is 0.313 e. The van der Waals surface area contributed by atoms with Crippen LogP contribution in [0.15, 0.2) is 18.2 Å². The largest absolute Gasteiger partial charge is 0.508 e. The number of hydrogen-bond donors (Lipinski definition) is 2. The number of sulfonamides is 1. The lowest BCUT2D eigenvalue weighted by atomic mass is 9.95. The molecular weight excluding hydrogens is 282 g/mol. The molecule has 0 spiro atoms. The highest BCUT2D eigenvalue weighted by atomic mass is 32.2. The summed E-state index contributed by atoms with van der Waals surface area (Å²) in [7, 11) is -3.42. The fourth-order valence-corrected chi connectivity index (χ4v) is 2.42. The lowest BCUT2D eigenvalue weighted by Gasteiger charge is -2.16. The molecule has 1 unspecified atom stereocenters. The zero-order chi connectivity index (χ0) is 15.3. The molecule has 20 heavy (non-hydrogen) atoms. The Kier molecular flexibility index (Phi) is 5.38. The van der Waals surface area contributed by atoms with Crippen molar-refractivity contribution in [1.82, 2.24) is 0 Å². The second-order valence-corrected chi connectivity index (χ2v) is 6.11. The normalized spacial score (nSPS) is 12.8. The van der Waals surface area contributed by atoms with Crippen molar-refractivity contribution in [2.24, 2.45) is 0 Å². The van der Waals surface area contributed by atoms with Crippen molar-refractivity contribution in [3.8, 4) is 5.75 Å². The van der Waals surface area contributed by atoms with Crippen LogP contribution in [0.3, 0.4) is 0 Å². The quantitative estimate of drug-likeness (QED) is 0.617. The maximum atomic E-state index is 11.9. The van der Waals surface area contributed by atoms with Crippen molar-refractivity contribution >= 4 is 21.7 Å². The van der Waals surface area contributed by atoms with Crippen molar-refractivity contribution in [2.75, 3.05) is 17.6 Å². The molecule has 0 aliphatic carbocycles. The van der Waals surface area contributed by atoms with Crippen LogP contribution in [0.2, 0.25) is 0 Å². The van der Waals surface area contributed by atoms with E-state index < -0.39 is 21.9 Å². The molecular formula is C13H19NO5S. The highest BCUT2D eigenvalue weighted by Gasteiger charge is 2.23. The average Bonchev–Trinajstić information content (AvgIpc) is 2.32. The second kappa shape index (κ2) is 6.60. The van der Waals surface area contributed by atoms with E-state index in [4.69, 9.17) is 4.74 Å². The Labute approximate surface area is 118 Å². The molecule has 0 aromatic heterocycles. The molecule has 1 rings (SSSR count). The van der Waals surface area contributed by atoms with E-state index in [1.54, 1.807) is 13.8 Å². The third-order valence-electron chi connectivity index (χ3n) is 2.69. The Hall–Kier alpha value is -1.76. The van der Waals surface area contributed by atoms with E-state index in [1.165, 1.54) is 18.2 Å². The highest BCUT2D eigenvalue weighted by Crippen LogP contribution is 2.32. The van der Waals surface area contributed by atoms with Gasteiger partial charge in [-0.1, -0.05) is 6.92 Å². The molecule has 0 fully saturated rings. The number of aromatic hydroxyl groups is 1. The lowest BCUT2D eigenvalue weighted by molar-refractivity contribution is -0.145. The van der Waals surface area contributed by atoms with Crippen molar-refractivity contribution in [3.05, 3.63) is 23.8 Å². The van der Waals surface area contributed by atoms with E-state index in [9.17, 15) is 18.3 Å². The van der Waals surface area contributed by atoms with Crippen LogP contribution < -0.4 is 4.72 Å². The Morgan fingerprint density at radius 1 is 1.40 bits per heavy atom. The van der Waals surface area contributed by atoms with E-state index in [2.05, 4.69) is 4.72 Å². The molecule has 1 aromatic carbocycles. The van der Waals surface area contributed by atoms with Crippen LogP contribution in [0.1, 0.15) is 31.7 Å². The van der Waals surface area contributed by atoms with Crippen molar-refractivity contribution in [1.29, 1.82) is 0 Å². The Balaban J connectivity index is 3.15. The van der Waals surface area contributed by atoms with Crippen molar-refractivity contribution in [3.63, 3.8) is 0 Å². The number of ether oxygens (including phenoxy) is 1. The van der Waals surface area contributed by atoms with Gasteiger partial charge in [0.1, 0.15) is 5.75 Å². The van der Waals surface area contributed by atoms with E-state index in [0.29, 0.717) is 17.7 Å². The average molecular weight is 301 g/mol. The standard InChI is InChI=1S/C13H19NO5S/c1-4-10(13(16)19-5-2)11-8-9(6-7-12(11)15)14-20(3,17)18/h6-8,10,14-15H,4-5H2,1-3H3. The molecule has 112 valence electrons. The van der Waals surface area contributed by atoms with Gasteiger partial charge in [0.15, 0.2) is 0 Å². The van der Waals surface area contributed by atoms with Gasteiger partial charge in [0.25, 0.3) is 0 Å². The molecule has 0 radical (unpaired) electrons. The Bertz CT molecular complexity index is 582. The minimum absolute atomic E-state index is 0.0658. The summed E-state index contributed by atoms with van der Waals surface area (Å²) in [5, 5.41) is 9.87. The van der Waals surface area contributed by atoms with E-state index in [0.717, 1.165) is 6.26 Å².